The summed E-state index contributed by atoms with van der Waals surface area (Å²) in [6.45, 7) is 0. The zero-order chi connectivity index (χ0) is 21.1. The fourth-order valence-corrected chi connectivity index (χ4v) is 2.80. The van der Waals surface area contributed by atoms with Crippen molar-refractivity contribution >= 4 is 46.1 Å². The normalized spacial score (nSPS) is 10.4. The number of halogens is 1. The molecule has 0 atom stereocenters. The molecule has 1 N–H and O–H groups in total. The van der Waals surface area contributed by atoms with Gasteiger partial charge in [0.05, 0.1) is 31.0 Å². The summed E-state index contributed by atoms with van der Waals surface area (Å²) in [6.07, 6.45) is 0. The van der Waals surface area contributed by atoms with E-state index in [4.69, 9.17) is 16.0 Å². The molecule has 3 rings (SSSR count). The van der Waals surface area contributed by atoms with Gasteiger partial charge in [-0.1, -0.05) is 11.6 Å². The lowest BCUT2D eigenvalue weighted by Crippen LogP contribution is -2.22. The molecular weight excluding hydrogens is 402 g/mol. The molecule has 0 bridgehead atoms. The third kappa shape index (κ3) is 4.12. The van der Waals surface area contributed by atoms with E-state index in [0.29, 0.717) is 10.4 Å². The van der Waals surface area contributed by atoms with Crippen LogP contribution in [0.15, 0.2) is 51.7 Å². The van der Waals surface area contributed by atoms with Gasteiger partial charge in [-0.2, -0.15) is 0 Å². The summed E-state index contributed by atoms with van der Waals surface area (Å²) in [5, 5.41) is 3.28. The second-order valence-electron chi connectivity index (χ2n) is 5.83. The fourth-order valence-electron chi connectivity index (χ4n) is 2.62. The predicted octanol–water partition coefficient (Wildman–Crippen LogP) is 3.27. The molecule has 0 saturated carbocycles. The number of hydrogen-bond donors (Lipinski definition) is 1. The number of nitrogens with one attached hydrogen (secondary N) is 1. The second kappa shape index (κ2) is 8.15. The van der Waals surface area contributed by atoms with Gasteiger partial charge in [-0.05, 0) is 42.5 Å². The van der Waals surface area contributed by atoms with Crippen LogP contribution in [-0.4, -0.2) is 32.1 Å². The Morgan fingerprint density at radius 2 is 1.66 bits per heavy atom. The zero-order valence-electron chi connectivity index (χ0n) is 15.3. The highest BCUT2D eigenvalue weighted by Gasteiger charge is 2.20. The Morgan fingerprint density at radius 3 is 2.34 bits per heavy atom. The Kier molecular flexibility index (Phi) is 5.65. The monoisotopic (exact) mass is 415 g/mol. The standard InChI is InChI=1S/C20H14ClNO7/c1-27-18(24)10-3-5-13(19(25)28-2)15(9-10)22-17(23)14-8-11-7-12(21)4-6-16(11)29-20(14)26/h3-9H,1-2H3,(H,22,23). The van der Waals surface area contributed by atoms with Crippen LogP contribution in [0.1, 0.15) is 31.1 Å². The number of hydrogen-bond acceptors (Lipinski definition) is 7. The van der Waals surface area contributed by atoms with Crippen LogP contribution >= 0.6 is 11.6 Å². The van der Waals surface area contributed by atoms with Crippen molar-refractivity contribution in [3.05, 3.63) is 74.6 Å². The van der Waals surface area contributed by atoms with Gasteiger partial charge in [0.1, 0.15) is 11.1 Å². The Hall–Kier alpha value is -3.65. The summed E-state index contributed by atoms with van der Waals surface area (Å²) < 4.78 is 14.5. The van der Waals surface area contributed by atoms with E-state index < -0.39 is 23.5 Å². The number of carbonyl (C=O) groups excluding carboxylic acids is 3. The minimum atomic E-state index is -0.874. The maximum atomic E-state index is 12.7. The molecule has 148 valence electrons. The minimum absolute atomic E-state index is 0.0123. The molecule has 0 radical (unpaired) electrons. The highest BCUT2D eigenvalue weighted by atomic mass is 35.5. The van der Waals surface area contributed by atoms with Gasteiger partial charge < -0.3 is 19.2 Å². The van der Waals surface area contributed by atoms with Gasteiger partial charge in [0.2, 0.25) is 0 Å². The molecule has 0 aliphatic carbocycles. The van der Waals surface area contributed by atoms with Crippen molar-refractivity contribution < 1.29 is 28.3 Å². The van der Waals surface area contributed by atoms with Gasteiger partial charge in [0.25, 0.3) is 5.91 Å². The van der Waals surface area contributed by atoms with Crippen LogP contribution in [0.25, 0.3) is 11.0 Å². The number of amides is 1. The molecule has 9 heteroatoms. The number of methoxy groups -OCH3 is 2. The van der Waals surface area contributed by atoms with E-state index in [9.17, 15) is 19.2 Å². The largest absolute Gasteiger partial charge is 0.465 e. The summed E-state index contributed by atoms with van der Waals surface area (Å²) in [5.74, 6) is -2.25. The highest BCUT2D eigenvalue weighted by molar-refractivity contribution is 6.31. The number of rotatable bonds is 4. The van der Waals surface area contributed by atoms with Crippen LogP contribution in [0.5, 0.6) is 0 Å². The van der Waals surface area contributed by atoms with Gasteiger partial charge in [-0.3, -0.25) is 4.79 Å². The highest BCUT2D eigenvalue weighted by Crippen LogP contribution is 2.22. The van der Waals surface area contributed by atoms with Crippen LogP contribution in [0, 0.1) is 0 Å². The first-order valence-corrected chi connectivity index (χ1v) is 8.57. The van der Waals surface area contributed by atoms with Crippen molar-refractivity contribution in [1.82, 2.24) is 0 Å². The second-order valence-corrected chi connectivity index (χ2v) is 6.26. The van der Waals surface area contributed by atoms with Crippen molar-refractivity contribution in [3.8, 4) is 0 Å². The molecule has 0 aliphatic rings. The van der Waals surface area contributed by atoms with E-state index in [0.717, 1.165) is 0 Å². The lowest BCUT2D eigenvalue weighted by molar-refractivity contribution is 0.0587. The van der Waals surface area contributed by atoms with Gasteiger partial charge in [0, 0.05) is 10.4 Å². The molecule has 8 nitrogen and oxygen atoms in total. The average molecular weight is 416 g/mol. The predicted molar refractivity (Wildman–Crippen MR) is 105 cm³/mol. The topological polar surface area (TPSA) is 112 Å². The van der Waals surface area contributed by atoms with E-state index in [1.54, 1.807) is 6.07 Å². The number of esters is 2. The first-order valence-electron chi connectivity index (χ1n) is 8.19. The molecule has 0 aliphatic heterocycles. The molecule has 1 heterocycles. The van der Waals surface area contributed by atoms with E-state index in [2.05, 4.69) is 14.8 Å². The summed E-state index contributed by atoms with van der Waals surface area (Å²) in [7, 11) is 2.37. The van der Waals surface area contributed by atoms with Gasteiger partial charge >= 0.3 is 17.6 Å². The third-order valence-electron chi connectivity index (χ3n) is 4.03. The maximum Gasteiger partial charge on any atom is 0.349 e. The Labute approximate surface area is 169 Å². The molecule has 1 amide bonds. The average Bonchev–Trinajstić information content (AvgIpc) is 2.72. The molecule has 2 aromatic carbocycles. The number of ether oxygens (including phenoxy) is 2. The first kappa shape index (κ1) is 20.1. The molecule has 0 spiro atoms. The van der Waals surface area contributed by atoms with Crippen LogP contribution in [0.3, 0.4) is 0 Å². The lowest BCUT2D eigenvalue weighted by atomic mass is 10.1. The van der Waals surface area contributed by atoms with E-state index in [1.165, 1.54) is 50.6 Å². The van der Waals surface area contributed by atoms with Gasteiger partial charge in [-0.15, -0.1) is 0 Å². The van der Waals surface area contributed by atoms with Crippen LogP contribution in [0.2, 0.25) is 5.02 Å². The zero-order valence-corrected chi connectivity index (χ0v) is 16.0. The molecule has 0 fully saturated rings. The third-order valence-corrected chi connectivity index (χ3v) is 4.27. The summed E-state index contributed by atoms with van der Waals surface area (Å²) >= 11 is 5.94. The Morgan fingerprint density at radius 1 is 0.931 bits per heavy atom. The maximum absolute atomic E-state index is 12.7. The summed E-state index contributed by atoms with van der Waals surface area (Å²) in [5.41, 5.74) is -0.871. The van der Waals surface area contributed by atoms with E-state index in [1.807, 2.05) is 0 Å². The van der Waals surface area contributed by atoms with Crippen molar-refractivity contribution in [1.29, 1.82) is 0 Å². The van der Waals surface area contributed by atoms with Crippen molar-refractivity contribution in [2.75, 3.05) is 19.5 Å². The number of fused-ring (bicyclic) bond motifs is 1. The molecule has 0 unspecified atom stereocenters. The van der Waals surface area contributed by atoms with Gasteiger partial charge in [-0.25, -0.2) is 14.4 Å². The van der Waals surface area contributed by atoms with Crippen LogP contribution in [-0.2, 0) is 9.47 Å². The SMILES string of the molecule is COC(=O)c1ccc(C(=O)OC)c(NC(=O)c2cc3cc(Cl)ccc3oc2=O)c1. The number of benzene rings is 2. The Bertz CT molecular complexity index is 1200. The molecular formula is C20H14ClNO7. The summed E-state index contributed by atoms with van der Waals surface area (Å²) in [6, 6.07) is 9.81. The van der Waals surface area contributed by atoms with Crippen LogP contribution in [0.4, 0.5) is 5.69 Å². The van der Waals surface area contributed by atoms with E-state index in [-0.39, 0.29) is 28.0 Å². The molecule has 29 heavy (non-hydrogen) atoms. The summed E-state index contributed by atoms with van der Waals surface area (Å²) in [4.78, 5) is 48.7. The lowest BCUT2D eigenvalue weighted by Gasteiger charge is -2.11. The first-order chi connectivity index (χ1) is 13.8. The van der Waals surface area contributed by atoms with Crippen LogP contribution < -0.4 is 10.9 Å². The molecule has 0 saturated heterocycles. The fraction of sp³-hybridized carbons (Fsp3) is 0.100. The smallest absolute Gasteiger partial charge is 0.349 e. The van der Waals surface area contributed by atoms with Crippen molar-refractivity contribution in [3.63, 3.8) is 0 Å². The van der Waals surface area contributed by atoms with E-state index >= 15 is 0 Å². The van der Waals surface area contributed by atoms with Crippen molar-refractivity contribution in [2.45, 2.75) is 0 Å². The van der Waals surface area contributed by atoms with Gasteiger partial charge in [0.15, 0.2) is 0 Å². The minimum Gasteiger partial charge on any atom is -0.465 e. The number of anilines is 1. The quantitative estimate of drug-likeness (QED) is 0.514. The van der Waals surface area contributed by atoms with Crippen molar-refractivity contribution in [2.24, 2.45) is 0 Å². The molecule has 3 aromatic rings. The molecule has 1 aromatic heterocycles. The number of carbonyl (C=O) groups is 3. The Balaban J connectivity index is 2.04.